The van der Waals surface area contributed by atoms with E-state index < -0.39 is 0 Å². The lowest BCUT2D eigenvalue weighted by atomic mass is 9.77. The molecule has 0 unspecified atom stereocenters. The van der Waals surface area contributed by atoms with Crippen molar-refractivity contribution in [3.05, 3.63) is 23.2 Å². The molecule has 3 aromatic rings. The number of rotatable bonds is 3. The minimum Gasteiger partial charge on any atom is -0.356 e. The summed E-state index contributed by atoms with van der Waals surface area (Å²) in [5.74, 6) is 2.44. The monoisotopic (exact) mass is 383 g/mol. The number of carbonyl (C=O) groups is 1. The first-order chi connectivity index (χ1) is 13.1. The fourth-order valence-corrected chi connectivity index (χ4v) is 4.77. The zero-order valence-corrected chi connectivity index (χ0v) is 15.9. The molecule has 1 amide bonds. The number of nitrogens with zero attached hydrogens (tertiary/aromatic N) is 4. The van der Waals surface area contributed by atoms with Crippen molar-refractivity contribution >= 4 is 45.0 Å². The smallest absolute Gasteiger partial charge is 0.228 e. The summed E-state index contributed by atoms with van der Waals surface area (Å²) in [6.07, 6.45) is 2.65. The Balaban J connectivity index is 1.43. The van der Waals surface area contributed by atoms with Crippen molar-refractivity contribution in [3.8, 4) is 0 Å². The van der Waals surface area contributed by atoms with E-state index in [0.717, 1.165) is 66.4 Å². The molecule has 0 saturated carbocycles. The number of aryl methyl sites for hydroxylation is 1. The Bertz CT molecular complexity index is 1000. The van der Waals surface area contributed by atoms with E-state index >= 15 is 0 Å². The standard InChI is InChI=1S/C18H21N7OS/c1-11-10-13(24-23-11)20-14-12-2-9-27-15(12)22-17(21-14)25-7-4-18(5-8-25)3-6-19-16(18)26/h2,9-10H,3-8H2,1H3,(H,19,26)(H2,20,21,22,23,24). The molecule has 3 N–H and O–H groups in total. The van der Waals surface area contributed by atoms with Crippen LogP contribution in [0.25, 0.3) is 10.2 Å². The van der Waals surface area contributed by atoms with Gasteiger partial charge in [-0.15, -0.1) is 11.3 Å². The Kier molecular flexibility index (Phi) is 3.78. The first-order valence-corrected chi connectivity index (χ1v) is 10.1. The number of amides is 1. The van der Waals surface area contributed by atoms with Gasteiger partial charge in [-0.3, -0.25) is 9.89 Å². The van der Waals surface area contributed by atoms with Gasteiger partial charge in [-0.25, -0.2) is 4.98 Å². The third kappa shape index (κ3) is 2.82. The third-order valence-corrected chi connectivity index (χ3v) is 6.45. The molecule has 0 aliphatic carbocycles. The van der Waals surface area contributed by atoms with E-state index in [1.54, 1.807) is 11.3 Å². The molecule has 0 atom stereocenters. The van der Waals surface area contributed by atoms with E-state index in [1.807, 2.05) is 24.4 Å². The molecule has 5 rings (SSSR count). The second kappa shape index (κ2) is 6.19. The van der Waals surface area contributed by atoms with Crippen LogP contribution in [0, 0.1) is 12.3 Å². The number of thiophene rings is 1. The van der Waals surface area contributed by atoms with Crippen molar-refractivity contribution in [2.75, 3.05) is 29.9 Å². The first-order valence-electron chi connectivity index (χ1n) is 9.21. The summed E-state index contributed by atoms with van der Waals surface area (Å²) in [6, 6.07) is 3.98. The van der Waals surface area contributed by atoms with Crippen LogP contribution in [0.15, 0.2) is 17.5 Å². The van der Waals surface area contributed by atoms with Gasteiger partial charge >= 0.3 is 0 Å². The predicted molar refractivity (Wildman–Crippen MR) is 106 cm³/mol. The molecule has 0 aromatic carbocycles. The lowest BCUT2D eigenvalue weighted by Gasteiger charge is -2.37. The molecule has 140 valence electrons. The molecule has 2 saturated heterocycles. The number of fused-ring (bicyclic) bond motifs is 1. The van der Waals surface area contributed by atoms with Crippen LogP contribution in [0.2, 0.25) is 0 Å². The Morgan fingerprint density at radius 1 is 1.26 bits per heavy atom. The largest absolute Gasteiger partial charge is 0.356 e. The van der Waals surface area contributed by atoms with Gasteiger partial charge in [0.2, 0.25) is 11.9 Å². The van der Waals surface area contributed by atoms with E-state index in [2.05, 4.69) is 25.7 Å². The topological polar surface area (TPSA) is 98.8 Å². The van der Waals surface area contributed by atoms with Crippen LogP contribution < -0.4 is 15.5 Å². The Hall–Kier alpha value is -2.68. The molecule has 1 spiro atoms. The molecule has 8 nitrogen and oxygen atoms in total. The van der Waals surface area contributed by atoms with Crippen LogP contribution in [0.3, 0.4) is 0 Å². The number of aromatic nitrogens is 4. The zero-order valence-electron chi connectivity index (χ0n) is 15.1. The fourth-order valence-electron chi connectivity index (χ4n) is 4.01. The second-order valence-corrected chi connectivity index (χ2v) is 8.24. The maximum absolute atomic E-state index is 12.2. The number of carbonyl (C=O) groups excluding carboxylic acids is 1. The Morgan fingerprint density at radius 3 is 2.81 bits per heavy atom. The molecule has 0 radical (unpaired) electrons. The summed E-state index contributed by atoms with van der Waals surface area (Å²) in [5, 5.41) is 16.5. The highest BCUT2D eigenvalue weighted by molar-refractivity contribution is 7.16. The van der Waals surface area contributed by atoms with E-state index in [1.165, 1.54) is 0 Å². The number of hydrogen-bond donors (Lipinski definition) is 3. The van der Waals surface area contributed by atoms with E-state index in [4.69, 9.17) is 9.97 Å². The minimum atomic E-state index is -0.183. The van der Waals surface area contributed by atoms with Gasteiger partial charge in [0.25, 0.3) is 0 Å². The Morgan fingerprint density at radius 2 is 2.11 bits per heavy atom. The Labute approximate surface area is 160 Å². The molecule has 2 aliphatic rings. The van der Waals surface area contributed by atoms with Gasteiger partial charge in [0, 0.05) is 31.4 Å². The highest BCUT2D eigenvalue weighted by Gasteiger charge is 2.44. The number of anilines is 3. The third-order valence-electron chi connectivity index (χ3n) is 5.64. The van der Waals surface area contributed by atoms with Crippen LogP contribution in [0.1, 0.15) is 25.0 Å². The van der Waals surface area contributed by atoms with Crippen molar-refractivity contribution in [3.63, 3.8) is 0 Å². The van der Waals surface area contributed by atoms with Gasteiger partial charge in [-0.2, -0.15) is 10.1 Å². The van der Waals surface area contributed by atoms with Gasteiger partial charge < -0.3 is 15.5 Å². The zero-order chi connectivity index (χ0) is 18.4. The van der Waals surface area contributed by atoms with Crippen molar-refractivity contribution < 1.29 is 4.79 Å². The highest BCUT2D eigenvalue weighted by Crippen LogP contribution is 2.39. The maximum atomic E-state index is 12.2. The van der Waals surface area contributed by atoms with E-state index in [0.29, 0.717) is 5.95 Å². The molecular formula is C18H21N7OS. The van der Waals surface area contributed by atoms with Gasteiger partial charge in [0.1, 0.15) is 10.6 Å². The number of piperidine rings is 1. The minimum absolute atomic E-state index is 0.183. The molecule has 3 aromatic heterocycles. The van der Waals surface area contributed by atoms with Crippen molar-refractivity contribution in [1.82, 2.24) is 25.5 Å². The molecule has 27 heavy (non-hydrogen) atoms. The molecule has 2 fully saturated rings. The number of nitrogens with one attached hydrogen (secondary N) is 3. The van der Waals surface area contributed by atoms with E-state index in [9.17, 15) is 4.79 Å². The van der Waals surface area contributed by atoms with Crippen molar-refractivity contribution in [1.29, 1.82) is 0 Å². The average Bonchev–Trinajstić information content (AvgIpc) is 3.38. The maximum Gasteiger partial charge on any atom is 0.228 e. The van der Waals surface area contributed by atoms with Crippen LogP contribution in [-0.2, 0) is 4.79 Å². The molecular weight excluding hydrogens is 362 g/mol. The summed E-state index contributed by atoms with van der Waals surface area (Å²) in [5.41, 5.74) is 0.807. The summed E-state index contributed by atoms with van der Waals surface area (Å²) < 4.78 is 0. The SMILES string of the molecule is Cc1cc(Nc2nc(N3CCC4(CCNC4=O)CC3)nc3sccc23)n[nH]1. The lowest BCUT2D eigenvalue weighted by molar-refractivity contribution is -0.128. The van der Waals surface area contributed by atoms with Crippen LogP contribution in [0.4, 0.5) is 17.6 Å². The second-order valence-electron chi connectivity index (χ2n) is 7.35. The summed E-state index contributed by atoms with van der Waals surface area (Å²) >= 11 is 1.60. The van der Waals surface area contributed by atoms with Crippen molar-refractivity contribution in [2.45, 2.75) is 26.2 Å². The highest BCUT2D eigenvalue weighted by atomic mass is 32.1. The molecule has 0 bridgehead atoms. The molecule has 5 heterocycles. The quantitative estimate of drug-likeness (QED) is 0.643. The summed E-state index contributed by atoms with van der Waals surface area (Å²) in [7, 11) is 0. The van der Waals surface area contributed by atoms with Gasteiger partial charge in [0.05, 0.1) is 10.8 Å². The van der Waals surface area contributed by atoms with Gasteiger partial charge in [-0.1, -0.05) is 0 Å². The first kappa shape index (κ1) is 16.5. The van der Waals surface area contributed by atoms with Crippen LogP contribution >= 0.6 is 11.3 Å². The van der Waals surface area contributed by atoms with Gasteiger partial charge in [0.15, 0.2) is 5.82 Å². The normalized spacial score (nSPS) is 19.0. The average molecular weight is 383 g/mol. The van der Waals surface area contributed by atoms with Crippen LogP contribution in [0.5, 0.6) is 0 Å². The molecule has 9 heteroatoms. The van der Waals surface area contributed by atoms with Gasteiger partial charge in [-0.05, 0) is 37.6 Å². The summed E-state index contributed by atoms with van der Waals surface area (Å²) in [6.45, 7) is 4.36. The number of hydrogen-bond acceptors (Lipinski definition) is 7. The summed E-state index contributed by atoms with van der Waals surface area (Å²) in [4.78, 5) is 24.9. The fraction of sp³-hybridized carbons (Fsp3) is 0.444. The number of aromatic amines is 1. The predicted octanol–water partition coefficient (Wildman–Crippen LogP) is 2.57. The van der Waals surface area contributed by atoms with E-state index in [-0.39, 0.29) is 11.3 Å². The lowest BCUT2D eigenvalue weighted by Crippen LogP contribution is -2.44. The molecule has 2 aliphatic heterocycles. The number of H-pyrrole nitrogens is 1. The van der Waals surface area contributed by atoms with Crippen LogP contribution in [-0.4, -0.2) is 45.7 Å². The van der Waals surface area contributed by atoms with Crippen molar-refractivity contribution in [2.24, 2.45) is 5.41 Å².